The normalized spacial score (nSPS) is 21.9. The van der Waals surface area contributed by atoms with Crippen molar-refractivity contribution >= 4 is 0 Å². The third-order valence-corrected chi connectivity index (χ3v) is 2.19. The summed E-state index contributed by atoms with van der Waals surface area (Å²) in [6, 6.07) is 8.32. The molecule has 0 saturated heterocycles. The Kier molecular flexibility index (Phi) is 2.11. The largest absolute Gasteiger partial charge is 0.356 e. The van der Waals surface area contributed by atoms with Gasteiger partial charge in [-0.05, 0) is 11.1 Å². The van der Waals surface area contributed by atoms with Crippen molar-refractivity contribution in [1.82, 2.24) is 0 Å². The molecule has 0 aromatic heterocycles. The van der Waals surface area contributed by atoms with Crippen LogP contribution in [0.5, 0.6) is 0 Å². The summed E-state index contributed by atoms with van der Waals surface area (Å²) in [4.78, 5) is 0. The first-order valence-electron chi connectivity index (χ1n) is 4.11. The highest BCUT2D eigenvalue weighted by molar-refractivity contribution is 5.28. The first-order chi connectivity index (χ1) is 5.90. The van der Waals surface area contributed by atoms with Crippen molar-refractivity contribution < 1.29 is 9.47 Å². The average Bonchev–Trinajstić information content (AvgIpc) is 2.17. The van der Waals surface area contributed by atoms with Gasteiger partial charge >= 0.3 is 0 Å². The summed E-state index contributed by atoms with van der Waals surface area (Å²) in [6.07, 6.45) is 0.812. The summed E-state index contributed by atoms with van der Waals surface area (Å²) >= 11 is 0. The summed E-state index contributed by atoms with van der Waals surface area (Å²) < 4.78 is 10.6. The van der Waals surface area contributed by atoms with E-state index in [1.165, 1.54) is 11.1 Å². The summed E-state index contributed by atoms with van der Waals surface area (Å²) in [5.41, 5.74) is 2.63. The molecule has 1 aromatic carbocycles. The fourth-order valence-corrected chi connectivity index (χ4v) is 1.47. The zero-order chi connectivity index (χ0) is 8.39. The molecular weight excluding hydrogens is 152 g/mol. The van der Waals surface area contributed by atoms with Gasteiger partial charge in [-0.2, -0.15) is 0 Å². The first-order valence-corrected chi connectivity index (χ1v) is 4.11. The molecule has 2 heteroatoms. The molecule has 1 aliphatic rings. The van der Waals surface area contributed by atoms with Gasteiger partial charge in [0.15, 0.2) is 6.29 Å². The van der Waals surface area contributed by atoms with Gasteiger partial charge in [0.1, 0.15) is 0 Å². The lowest BCUT2D eigenvalue weighted by Gasteiger charge is -2.23. The number of ether oxygens (including phenoxy) is 2. The standard InChI is InChI=1S/C10H12O2/c1-11-10-6-8-4-2-3-5-9(8)7-12-10/h2-5,10H,6-7H2,1H3. The Morgan fingerprint density at radius 2 is 2.08 bits per heavy atom. The van der Waals surface area contributed by atoms with Gasteiger partial charge in [0.05, 0.1) is 6.61 Å². The quantitative estimate of drug-likeness (QED) is 0.629. The van der Waals surface area contributed by atoms with E-state index in [1.807, 2.05) is 6.07 Å². The predicted octanol–water partition coefficient (Wildman–Crippen LogP) is 1.73. The van der Waals surface area contributed by atoms with Crippen molar-refractivity contribution in [2.45, 2.75) is 19.3 Å². The van der Waals surface area contributed by atoms with Crippen molar-refractivity contribution in [2.24, 2.45) is 0 Å². The van der Waals surface area contributed by atoms with Gasteiger partial charge in [0.2, 0.25) is 0 Å². The van der Waals surface area contributed by atoms with Gasteiger partial charge in [-0.3, -0.25) is 0 Å². The van der Waals surface area contributed by atoms with E-state index in [4.69, 9.17) is 9.47 Å². The SMILES string of the molecule is COC1Cc2ccccc2CO1. The van der Waals surface area contributed by atoms with Crippen LogP contribution in [0.15, 0.2) is 24.3 Å². The van der Waals surface area contributed by atoms with Crippen LogP contribution in [0.2, 0.25) is 0 Å². The van der Waals surface area contributed by atoms with E-state index in [9.17, 15) is 0 Å². The van der Waals surface area contributed by atoms with Crippen LogP contribution in [-0.2, 0) is 22.5 Å². The van der Waals surface area contributed by atoms with Crippen LogP contribution in [0.25, 0.3) is 0 Å². The predicted molar refractivity (Wildman–Crippen MR) is 45.7 cm³/mol. The maximum Gasteiger partial charge on any atom is 0.161 e. The maximum atomic E-state index is 5.43. The van der Waals surface area contributed by atoms with E-state index in [-0.39, 0.29) is 6.29 Å². The van der Waals surface area contributed by atoms with Gasteiger partial charge in [-0.15, -0.1) is 0 Å². The Bertz CT molecular complexity index is 270. The Morgan fingerprint density at radius 3 is 2.83 bits per heavy atom. The molecule has 1 aliphatic heterocycles. The molecule has 1 unspecified atom stereocenters. The molecule has 0 saturated carbocycles. The molecule has 1 heterocycles. The van der Waals surface area contributed by atoms with E-state index in [2.05, 4.69) is 18.2 Å². The minimum Gasteiger partial charge on any atom is -0.356 e. The summed E-state index contributed by atoms with van der Waals surface area (Å²) in [6.45, 7) is 0.675. The van der Waals surface area contributed by atoms with Gasteiger partial charge in [0, 0.05) is 13.5 Å². The molecule has 0 fully saturated rings. The highest BCUT2D eigenvalue weighted by atomic mass is 16.7. The van der Waals surface area contributed by atoms with Crippen molar-refractivity contribution in [3.8, 4) is 0 Å². The minimum atomic E-state index is -0.0556. The lowest BCUT2D eigenvalue weighted by atomic mass is 10.0. The van der Waals surface area contributed by atoms with Crippen LogP contribution < -0.4 is 0 Å². The van der Waals surface area contributed by atoms with Crippen LogP contribution in [0.4, 0.5) is 0 Å². The fraction of sp³-hybridized carbons (Fsp3) is 0.400. The van der Waals surface area contributed by atoms with Gasteiger partial charge in [-0.1, -0.05) is 24.3 Å². The lowest BCUT2D eigenvalue weighted by molar-refractivity contribution is -0.137. The molecule has 12 heavy (non-hydrogen) atoms. The average molecular weight is 164 g/mol. The van der Waals surface area contributed by atoms with Crippen molar-refractivity contribution in [3.63, 3.8) is 0 Å². The molecule has 0 aliphatic carbocycles. The van der Waals surface area contributed by atoms with Gasteiger partial charge in [0.25, 0.3) is 0 Å². The second-order valence-corrected chi connectivity index (χ2v) is 2.95. The van der Waals surface area contributed by atoms with Gasteiger partial charge < -0.3 is 9.47 Å². The molecule has 0 spiro atoms. The molecule has 2 nitrogen and oxygen atoms in total. The minimum absolute atomic E-state index is 0.0556. The monoisotopic (exact) mass is 164 g/mol. The van der Waals surface area contributed by atoms with Crippen molar-refractivity contribution in [3.05, 3.63) is 35.4 Å². The third kappa shape index (κ3) is 1.36. The van der Waals surface area contributed by atoms with E-state index >= 15 is 0 Å². The number of rotatable bonds is 1. The Labute approximate surface area is 72.1 Å². The first kappa shape index (κ1) is 7.77. The Hall–Kier alpha value is -0.860. The van der Waals surface area contributed by atoms with Crippen molar-refractivity contribution in [2.75, 3.05) is 7.11 Å². The molecule has 0 amide bonds. The molecule has 0 N–H and O–H groups in total. The molecule has 1 aromatic rings. The van der Waals surface area contributed by atoms with E-state index in [0.29, 0.717) is 6.61 Å². The Balaban J connectivity index is 2.23. The van der Waals surface area contributed by atoms with Crippen LogP contribution in [0.3, 0.4) is 0 Å². The molecular formula is C10H12O2. The summed E-state index contributed by atoms with van der Waals surface area (Å²) in [5, 5.41) is 0. The third-order valence-electron chi connectivity index (χ3n) is 2.19. The summed E-state index contributed by atoms with van der Waals surface area (Å²) in [7, 11) is 1.68. The van der Waals surface area contributed by atoms with Crippen LogP contribution >= 0.6 is 0 Å². The van der Waals surface area contributed by atoms with Crippen LogP contribution in [0, 0.1) is 0 Å². The number of methoxy groups -OCH3 is 1. The maximum absolute atomic E-state index is 5.43. The molecule has 0 radical (unpaired) electrons. The zero-order valence-electron chi connectivity index (χ0n) is 7.12. The number of fused-ring (bicyclic) bond motifs is 1. The summed E-state index contributed by atoms with van der Waals surface area (Å²) in [5.74, 6) is 0. The molecule has 64 valence electrons. The van der Waals surface area contributed by atoms with E-state index in [0.717, 1.165) is 6.42 Å². The molecule has 1 atom stereocenters. The Morgan fingerprint density at radius 1 is 1.33 bits per heavy atom. The highest BCUT2D eigenvalue weighted by Crippen LogP contribution is 2.19. The number of benzene rings is 1. The van der Waals surface area contributed by atoms with Gasteiger partial charge in [-0.25, -0.2) is 0 Å². The molecule has 0 bridgehead atoms. The number of hydrogen-bond donors (Lipinski definition) is 0. The lowest BCUT2D eigenvalue weighted by Crippen LogP contribution is -2.23. The second-order valence-electron chi connectivity index (χ2n) is 2.95. The van der Waals surface area contributed by atoms with E-state index < -0.39 is 0 Å². The second kappa shape index (κ2) is 3.25. The number of hydrogen-bond acceptors (Lipinski definition) is 2. The highest BCUT2D eigenvalue weighted by Gasteiger charge is 2.17. The van der Waals surface area contributed by atoms with Crippen LogP contribution in [0.1, 0.15) is 11.1 Å². The van der Waals surface area contributed by atoms with E-state index in [1.54, 1.807) is 7.11 Å². The molecule has 2 rings (SSSR count). The zero-order valence-corrected chi connectivity index (χ0v) is 7.12. The topological polar surface area (TPSA) is 18.5 Å². The fourth-order valence-electron chi connectivity index (χ4n) is 1.47. The smallest absolute Gasteiger partial charge is 0.161 e. The van der Waals surface area contributed by atoms with Crippen LogP contribution in [-0.4, -0.2) is 13.4 Å². The van der Waals surface area contributed by atoms with Crippen molar-refractivity contribution in [1.29, 1.82) is 0 Å².